The van der Waals surface area contributed by atoms with Crippen molar-refractivity contribution in [3.8, 4) is 12.3 Å². The molecular weight excluding hydrogens is 214 g/mol. The summed E-state index contributed by atoms with van der Waals surface area (Å²) in [6.07, 6.45) is 9.77. The van der Waals surface area contributed by atoms with Crippen molar-refractivity contribution >= 4 is 11.8 Å². The van der Waals surface area contributed by atoms with E-state index >= 15 is 0 Å². The Labute approximate surface area is 106 Å². The number of unbranched alkanes of at least 4 members (excludes halogenated alkanes) is 1. The van der Waals surface area contributed by atoms with Crippen molar-refractivity contribution in [2.24, 2.45) is 5.92 Å². The third-order valence-corrected chi connectivity index (χ3v) is 3.87. The fourth-order valence-electron chi connectivity index (χ4n) is 1.49. The van der Waals surface area contributed by atoms with Crippen LogP contribution in [0.4, 0.5) is 0 Å². The van der Waals surface area contributed by atoms with E-state index in [2.05, 4.69) is 43.8 Å². The SMILES string of the molecule is C#CCCCC(CSCC(C)C)NCCC. The van der Waals surface area contributed by atoms with Crippen LogP contribution in [-0.2, 0) is 0 Å². The highest BCUT2D eigenvalue weighted by molar-refractivity contribution is 7.99. The topological polar surface area (TPSA) is 12.0 Å². The van der Waals surface area contributed by atoms with Gasteiger partial charge in [-0.1, -0.05) is 20.8 Å². The van der Waals surface area contributed by atoms with Crippen LogP contribution in [0.5, 0.6) is 0 Å². The van der Waals surface area contributed by atoms with E-state index in [0.717, 1.165) is 25.3 Å². The molecule has 0 aromatic carbocycles. The van der Waals surface area contributed by atoms with Gasteiger partial charge in [0.15, 0.2) is 0 Å². The van der Waals surface area contributed by atoms with Gasteiger partial charge in [0, 0.05) is 18.2 Å². The van der Waals surface area contributed by atoms with Gasteiger partial charge in [-0.2, -0.15) is 11.8 Å². The second-order valence-corrected chi connectivity index (χ2v) is 5.75. The molecule has 0 aliphatic carbocycles. The Morgan fingerprint density at radius 2 is 2.06 bits per heavy atom. The zero-order valence-electron chi connectivity index (χ0n) is 11.1. The lowest BCUT2D eigenvalue weighted by atomic mass is 10.1. The molecule has 1 nitrogen and oxygen atoms in total. The molecule has 0 radical (unpaired) electrons. The fourth-order valence-corrected chi connectivity index (χ4v) is 2.67. The molecule has 0 aliphatic heterocycles. The number of thioether (sulfide) groups is 1. The van der Waals surface area contributed by atoms with Crippen molar-refractivity contribution in [3.05, 3.63) is 0 Å². The average Bonchev–Trinajstić information content (AvgIpc) is 2.25. The summed E-state index contributed by atoms with van der Waals surface area (Å²) >= 11 is 2.06. The van der Waals surface area contributed by atoms with Gasteiger partial charge in [-0.15, -0.1) is 12.3 Å². The standard InChI is InChI=1S/C14H27NS/c1-5-7-8-9-14(15-10-6-2)12-16-11-13(3)4/h1,13-15H,6-12H2,2-4H3. The molecule has 94 valence electrons. The quantitative estimate of drug-likeness (QED) is 0.464. The van der Waals surface area contributed by atoms with Crippen molar-refractivity contribution < 1.29 is 0 Å². The second kappa shape index (κ2) is 11.4. The Hall–Kier alpha value is -0.130. The van der Waals surface area contributed by atoms with E-state index in [4.69, 9.17) is 6.42 Å². The summed E-state index contributed by atoms with van der Waals surface area (Å²) < 4.78 is 0. The smallest absolute Gasteiger partial charge is 0.0158 e. The van der Waals surface area contributed by atoms with E-state index in [1.807, 2.05) is 0 Å². The lowest BCUT2D eigenvalue weighted by Gasteiger charge is -2.18. The first-order valence-corrected chi connectivity index (χ1v) is 7.60. The predicted octanol–water partition coefficient (Wildman–Crippen LogP) is 3.55. The van der Waals surface area contributed by atoms with Gasteiger partial charge in [-0.3, -0.25) is 0 Å². The fraction of sp³-hybridized carbons (Fsp3) is 0.857. The minimum Gasteiger partial charge on any atom is -0.313 e. The molecule has 0 amide bonds. The van der Waals surface area contributed by atoms with Crippen LogP contribution in [0.1, 0.15) is 46.5 Å². The summed E-state index contributed by atoms with van der Waals surface area (Å²) in [5.41, 5.74) is 0. The number of hydrogen-bond donors (Lipinski definition) is 1. The minimum atomic E-state index is 0.650. The molecular formula is C14H27NS. The summed E-state index contributed by atoms with van der Waals surface area (Å²) in [5.74, 6) is 6.00. The minimum absolute atomic E-state index is 0.650. The first kappa shape index (κ1) is 15.9. The number of rotatable bonds is 10. The van der Waals surface area contributed by atoms with Crippen LogP contribution in [-0.4, -0.2) is 24.1 Å². The van der Waals surface area contributed by atoms with Crippen LogP contribution in [0.3, 0.4) is 0 Å². The van der Waals surface area contributed by atoms with Gasteiger partial charge in [0.1, 0.15) is 0 Å². The van der Waals surface area contributed by atoms with E-state index in [0.29, 0.717) is 6.04 Å². The van der Waals surface area contributed by atoms with Gasteiger partial charge in [0.05, 0.1) is 0 Å². The molecule has 0 saturated heterocycles. The highest BCUT2D eigenvalue weighted by atomic mass is 32.2. The van der Waals surface area contributed by atoms with E-state index in [9.17, 15) is 0 Å². The van der Waals surface area contributed by atoms with Crippen LogP contribution in [0.15, 0.2) is 0 Å². The monoisotopic (exact) mass is 241 g/mol. The van der Waals surface area contributed by atoms with Gasteiger partial charge in [-0.25, -0.2) is 0 Å². The summed E-state index contributed by atoms with van der Waals surface area (Å²) in [5, 5.41) is 3.61. The Morgan fingerprint density at radius 1 is 1.31 bits per heavy atom. The van der Waals surface area contributed by atoms with Crippen molar-refractivity contribution in [3.63, 3.8) is 0 Å². The van der Waals surface area contributed by atoms with Crippen LogP contribution >= 0.6 is 11.8 Å². The van der Waals surface area contributed by atoms with Gasteiger partial charge < -0.3 is 5.32 Å². The van der Waals surface area contributed by atoms with Crippen LogP contribution < -0.4 is 5.32 Å². The molecule has 16 heavy (non-hydrogen) atoms. The number of nitrogens with one attached hydrogen (secondary N) is 1. The summed E-state index contributed by atoms with van der Waals surface area (Å²) in [4.78, 5) is 0. The molecule has 0 aromatic rings. The maximum absolute atomic E-state index is 5.28. The first-order chi connectivity index (χ1) is 7.70. The van der Waals surface area contributed by atoms with E-state index in [1.165, 1.54) is 24.3 Å². The van der Waals surface area contributed by atoms with Crippen molar-refractivity contribution in [2.45, 2.75) is 52.5 Å². The molecule has 0 saturated carbocycles. The van der Waals surface area contributed by atoms with Crippen LogP contribution in [0.25, 0.3) is 0 Å². The van der Waals surface area contributed by atoms with Crippen molar-refractivity contribution in [1.29, 1.82) is 0 Å². The Morgan fingerprint density at radius 3 is 2.62 bits per heavy atom. The van der Waals surface area contributed by atoms with E-state index in [1.54, 1.807) is 0 Å². The highest BCUT2D eigenvalue weighted by Gasteiger charge is 2.07. The highest BCUT2D eigenvalue weighted by Crippen LogP contribution is 2.12. The lowest BCUT2D eigenvalue weighted by molar-refractivity contribution is 0.507. The summed E-state index contributed by atoms with van der Waals surface area (Å²) in [7, 11) is 0. The molecule has 1 unspecified atom stereocenters. The molecule has 0 aliphatic rings. The molecule has 2 heteroatoms. The van der Waals surface area contributed by atoms with Crippen LogP contribution in [0, 0.1) is 18.3 Å². The molecule has 0 aromatic heterocycles. The lowest BCUT2D eigenvalue weighted by Crippen LogP contribution is -2.32. The number of terminal acetylenes is 1. The van der Waals surface area contributed by atoms with Crippen LogP contribution in [0.2, 0.25) is 0 Å². The zero-order chi connectivity index (χ0) is 12.2. The third kappa shape index (κ3) is 10.4. The zero-order valence-corrected chi connectivity index (χ0v) is 11.9. The molecule has 1 atom stereocenters. The molecule has 1 N–H and O–H groups in total. The van der Waals surface area contributed by atoms with Gasteiger partial charge in [0.2, 0.25) is 0 Å². The summed E-state index contributed by atoms with van der Waals surface area (Å²) in [6.45, 7) is 7.90. The maximum Gasteiger partial charge on any atom is 0.0158 e. The number of hydrogen-bond acceptors (Lipinski definition) is 2. The molecule has 0 rings (SSSR count). The van der Waals surface area contributed by atoms with E-state index < -0.39 is 0 Å². The average molecular weight is 241 g/mol. The van der Waals surface area contributed by atoms with Crippen molar-refractivity contribution in [1.82, 2.24) is 5.32 Å². The normalized spacial score (nSPS) is 12.7. The Balaban J connectivity index is 3.67. The predicted molar refractivity (Wildman–Crippen MR) is 76.9 cm³/mol. The third-order valence-electron chi connectivity index (χ3n) is 2.33. The Bertz CT molecular complexity index is 184. The molecule has 0 bridgehead atoms. The first-order valence-electron chi connectivity index (χ1n) is 6.45. The van der Waals surface area contributed by atoms with Gasteiger partial charge >= 0.3 is 0 Å². The molecule has 0 heterocycles. The van der Waals surface area contributed by atoms with Gasteiger partial charge in [0.25, 0.3) is 0 Å². The Kier molecular flexibility index (Phi) is 11.3. The van der Waals surface area contributed by atoms with E-state index in [-0.39, 0.29) is 0 Å². The molecule has 0 spiro atoms. The largest absolute Gasteiger partial charge is 0.313 e. The van der Waals surface area contributed by atoms with Gasteiger partial charge in [-0.05, 0) is 37.5 Å². The van der Waals surface area contributed by atoms with Crippen molar-refractivity contribution in [2.75, 3.05) is 18.1 Å². The molecule has 0 fully saturated rings. The second-order valence-electron chi connectivity index (χ2n) is 4.68. The summed E-state index contributed by atoms with van der Waals surface area (Å²) in [6, 6.07) is 0.650. The maximum atomic E-state index is 5.28.